The normalized spacial score (nSPS) is 18.4. The Bertz CT molecular complexity index is 669. The van der Waals surface area contributed by atoms with Crippen LogP contribution in [-0.4, -0.2) is 30.8 Å². The number of rotatable bonds is 2. The lowest BCUT2D eigenvalue weighted by Gasteiger charge is -2.20. The number of nitrogens with zero attached hydrogens (tertiary/aromatic N) is 4. The molecule has 2 N–H and O–H groups in total. The lowest BCUT2D eigenvalue weighted by atomic mass is 9.85. The summed E-state index contributed by atoms with van der Waals surface area (Å²) in [6, 6.07) is 4.33. The first-order chi connectivity index (χ1) is 9.42. The van der Waals surface area contributed by atoms with E-state index >= 15 is 0 Å². The van der Waals surface area contributed by atoms with E-state index in [0.717, 1.165) is 18.5 Å². The molecule has 1 unspecified atom stereocenters. The molecule has 0 saturated carbocycles. The van der Waals surface area contributed by atoms with E-state index < -0.39 is 0 Å². The predicted octanol–water partition coefficient (Wildman–Crippen LogP) is 1.92. The molecule has 0 amide bonds. The smallest absolute Gasteiger partial charge is 0.225 e. The van der Waals surface area contributed by atoms with Crippen LogP contribution >= 0.6 is 11.3 Å². The van der Waals surface area contributed by atoms with E-state index in [1.54, 1.807) is 0 Å². The van der Waals surface area contributed by atoms with E-state index in [1.807, 2.05) is 11.3 Å². The van der Waals surface area contributed by atoms with E-state index in [4.69, 9.17) is 0 Å². The molecule has 0 aromatic carbocycles. The van der Waals surface area contributed by atoms with Crippen LogP contribution in [0.1, 0.15) is 28.5 Å². The lowest BCUT2D eigenvalue weighted by Crippen LogP contribution is -2.11. The maximum absolute atomic E-state index is 4.35. The SMILES string of the molecule is c1csc(C2CCc3[nH]nc(-c4nn[nH]n4)c3C2)c1. The number of thiophene rings is 1. The van der Waals surface area contributed by atoms with Gasteiger partial charge in [-0.2, -0.15) is 10.3 Å². The van der Waals surface area contributed by atoms with Gasteiger partial charge in [-0.15, -0.1) is 21.5 Å². The Morgan fingerprint density at radius 2 is 2.32 bits per heavy atom. The zero-order chi connectivity index (χ0) is 12.7. The van der Waals surface area contributed by atoms with Crippen LogP contribution in [0.2, 0.25) is 0 Å². The summed E-state index contributed by atoms with van der Waals surface area (Å²) in [5.74, 6) is 1.15. The van der Waals surface area contributed by atoms with Crippen molar-refractivity contribution in [2.45, 2.75) is 25.2 Å². The molecule has 4 rings (SSSR count). The van der Waals surface area contributed by atoms with Crippen LogP contribution in [0.25, 0.3) is 11.5 Å². The molecule has 3 aromatic rings. The van der Waals surface area contributed by atoms with Gasteiger partial charge in [0.25, 0.3) is 0 Å². The molecule has 0 fully saturated rings. The zero-order valence-corrected chi connectivity index (χ0v) is 10.9. The highest BCUT2D eigenvalue weighted by Crippen LogP contribution is 2.37. The number of nitrogens with one attached hydrogen (secondary N) is 2. The van der Waals surface area contributed by atoms with Crippen LogP contribution in [-0.2, 0) is 12.8 Å². The van der Waals surface area contributed by atoms with Crippen molar-refractivity contribution >= 4 is 11.3 Å². The molecule has 96 valence electrons. The molecule has 1 aliphatic carbocycles. The molecule has 0 spiro atoms. The molecule has 1 atom stereocenters. The van der Waals surface area contributed by atoms with Crippen molar-refractivity contribution in [1.29, 1.82) is 0 Å². The van der Waals surface area contributed by atoms with Crippen molar-refractivity contribution in [3.05, 3.63) is 33.6 Å². The number of aromatic nitrogens is 6. The number of H-pyrrole nitrogens is 2. The minimum absolute atomic E-state index is 0.573. The van der Waals surface area contributed by atoms with Crippen LogP contribution in [0.15, 0.2) is 17.5 Å². The molecule has 0 saturated heterocycles. The summed E-state index contributed by atoms with van der Waals surface area (Å²) in [5.41, 5.74) is 3.30. The van der Waals surface area contributed by atoms with Crippen LogP contribution in [0.4, 0.5) is 0 Å². The minimum Gasteiger partial charge on any atom is -0.282 e. The summed E-state index contributed by atoms with van der Waals surface area (Å²) in [7, 11) is 0. The van der Waals surface area contributed by atoms with E-state index in [9.17, 15) is 0 Å². The molecule has 0 radical (unpaired) electrons. The summed E-state index contributed by atoms with van der Waals surface area (Å²) in [6.45, 7) is 0. The van der Waals surface area contributed by atoms with Crippen molar-refractivity contribution in [3.8, 4) is 11.5 Å². The number of hydrogen-bond acceptors (Lipinski definition) is 5. The molecule has 3 heterocycles. The highest BCUT2D eigenvalue weighted by molar-refractivity contribution is 7.10. The largest absolute Gasteiger partial charge is 0.282 e. The van der Waals surface area contributed by atoms with Gasteiger partial charge in [-0.3, -0.25) is 5.10 Å². The fourth-order valence-corrected chi connectivity index (χ4v) is 3.57. The van der Waals surface area contributed by atoms with Crippen molar-refractivity contribution in [2.75, 3.05) is 0 Å². The van der Waals surface area contributed by atoms with Gasteiger partial charge < -0.3 is 0 Å². The highest BCUT2D eigenvalue weighted by Gasteiger charge is 2.27. The third kappa shape index (κ3) is 1.77. The lowest BCUT2D eigenvalue weighted by molar-refractivity contribution is 0.588. The number of aryl methyl sites for hydroxylation is 1. The van der Waals surface area contributed by atoms with E-state index in [2.05, 4.69) is 48.3 Å². The Morgan fingerprint density at radius 1 is 1.32 bits per heavy atom. The molecular formula is C12H12N6S. The second kappa shape index (κ2) is 4.27. The Balaban J connectivity index is 1.72. The van der Waals surface area contributed by atoms with Crippen LogP contribution < -0.4 is 0 Å². The van der Waals surface area contributed by atoms with Gasteiger partial charge in [-0.05, 0) is 41.8 Å². The standard InChI is InChI=1S/C12H12N6S/c1-2-10(19-5-1)7-3-4-9-8(6-7)11(14-13-9)12-15-17-18-16-12/h1-2,5,7H,3-4,6H2,(H,13,14)(H,15,16,17,18). The minimum atomic E-state index is 0.573. The third-order valence-corrected chi connectivity index (χ3v) is 4.68. The van der Waals surface area contributed by atoms with Gasteiger partial charge in [0.2, 0.25) is 5.82 Å². The summed E-state index contributed by atoms with van der Waals surface area (Å²) in [5, 5.41) is 23.7. The third-order valence-electron chi connectivity index (χ3n) is 3.65. The van der Waals surface area contributed by atoms with Crippen LogP contribution in [0.5, 0.6) is 0 Å². The quantitative estimate of drug-likeness (QED) is 0.746. The second-order valence-corrected chi connectivity index (χ2v) is 5.70. The second-order valence-electron chi connectivity index (χ2n) is 4.72. The maximum atomic E-state index is 4.35. The molecule has 1 aliphatic rings. The van der Waals surface area contributed by atoms with Gasteiger partial charge in [-0.1, -0.05) is 6.07 Å². The van der Waals surface area contributed by atoms with Crippen molar-refractivity contribution in [3.63, 3.8) is 0 Å². The molecule has 6 nitrogen and oxygen atoms in total. The average Bonchev–Trinajstić information content (AvgIpc) is 3.18. The summed E-state index contributed by atoms with van der Waals surface area (Å²) >= 11 is 1.83. The van der Waals surface area contributed by atoms with Crippen molar-refractivity contribution in [2.24, 2.45) is 0 Å². The van der Waals surface area contributed by atoms with E-state index in [-0.39, 0.29) is 0 Å². The summed E-state index contributed by atoms with van der Waals surface area (Å²) < 4.78 is 0. The van der Waals surface area contributed by atoms with Gasteiger partial charge in [-0.25, -0.2) is 0 Å². The number of aromatic amines is 2. The van der Waals surface area contributed by atoms with E-state index in [0.29, 0.717) is 11.7 Å². The highest BCUT2D eigenvalue weighted by atomic mass is 32.1. The summed E-state index contributed by atoms with van der Waals surface area (Å²) in [4.78, 5) is 1.45. The average molecular weight is 272 g/mol. The van der Waals surface area contributed by atoms with Gasteiger partial charge >= 0.3 is 0 Å². The summed E-state index contributed by atoms with van der Waals surface area (Å²) in [6.07, 6.45) is 3.19. The first-order valence-electron chi connectivity index (χ1n) is 6.25. The maximum Gasteiger partial charge on any atom is 0.225 e. The Morgan fingerprint density at radius 3 is 3.11 bits per heavy atom. The molecular weight excluding hydrogens is 260 g/mol. The number of hydrogen-bond donors (Lipinski definition) is 2. The zero-order valence-electron chi connectivity index (χ0n) is 10.1. The topological polar surface area (TPSA) is 83.1 Å². The fraction of sp³-hybridized carbons (Fsp3) is 0.333. The van der Waals surface area contributed by atoms with Crippen LogP contribution in [0.3, 0.4) is 0 Å². The first kappa shape index (κ1) is 10.9. The fourth-order valence-electron chi connectivity index (χ4n) is 2.71. The van der Waals surface area contributed by atoms with E-state index in [1.165, 1.54) is 22.6 Å². The molecule has 19 heavy (non-hydrogen) atoms. The Labute approximate surface area is 113 Å². The Kier molecular flexibility index (Phi) is 2.44. The Hall–Kier alpha value is -2.02. The first-order valence-corrected chi connectivity index (χ1v) is 7.13. The molecule has 0 aliphatic heterocycles. The van der Waals surface area contributed by atoms with Gasteiger partial charge in [0, 0.05) is 16.1 Å². The van der Waals surface area contributed by atoms with Crippen molar-refractivity contribution < 1.29 is 0 Å². The van der Waals surface area contributed by atoms with Gasteiger partial charge in [0.1, 0.15) is 5.69 Å². The number of fused-ring (bicyclic) bond motifs is 1. The predicted molar refractivity (Wildman–Crippen MR) is 70.8 cm³/mol. The molecule has 7 heteroatoms. The van der Waals surface area contributed by atoms with Gasteiger partial charge in [0.05, 0.1) is 0 Å². The van der Waals surface area contributed by atoms with Crippen molar-refractivity contribution in [1.82, 2.24) is 30.8 Å². The van der Waals surface area contributed by atoms with Crippen LogP contribution in [0, 0.1) is 0 Å². The molecule has 3 aromatic heterocycles. The van der Waals surface area contributed by atoms with Gasteiger partial charge in [0.15, 0.2) is 0 Å². The number of tetrazole rings is 1. The molecule has 0 bridgehead atoms. The monoisotopic (exact) mass is 272 g/mol.